The number of benzene rings is 2. The number of morpholine rings is 1. The molecule has 0 spiro atoms. The van der Waals surface area contributed by atoms with Crippen LogP contribution in [0.4, 0.5) is 0 Å². The van der Waals surface area contributed by atoms with E-state index in [1.165, 1.54) is 5.56 Å². The van der Waals surface area contributed by atoms with Gasteiger partial charge >= 0.3 is 0 Å². The third kappa shape index (κ3) is 7.35. The van der Waals surface area contributed by atoms with Crippen LogP contribution in [0.25, 0.3) is 0 Å². The normalized spacial score (nSPS) is 15.4. The fraction of sp³-hybridized carbons (Fsp3) is 0.391. The van der Waals surface area contributed by atoms with E-state index in [2.05, 4.69) is 32.7 Å². The first kappa shape index (κ1) is 25.9. The van der Waals surface area contributed by atoms with Gasteiger partial charge in [-0.2, -0.15) is 0 Å². The molecule has 0 aliphatic carbocycles. The summed E-state index contributed by atoms with van der Waals surface area (Å²) in [7, 11) is 3.41. The maximum Gasteiger partial charge on any atom is 0.248 e. The van der Waals surface area contributed by atoms with Crippen LogP contribution in [0.15, 0.2) is 53.5 Å². The second kappa shape index (κ2) is 13.2. The Labute approximate surface area is 206 Å². The molecule has 2 aromatic carbocycles. The fourth-order valence-electron chi connectivity index (χ4n) is 3.61. The molecule has 1 saturated heterocycles. The predicted octanol–water partition coefficient (Wildman–Crippen LogP) is 2.15. The van der Waals surface area contributed by atoms with E-state index in [0.29, 0.717) is 24.6 Å². The number of carbonyl (C=O) groups is 1. The summed E-state index contributed by atoms with van der Waals surface area (Å²) in [5.41, 5.74) is 8.03. The van der Waals surface area contributed by atoms with Gasteiger partial charge < -0.3 is 25.8 Å². The van der Waals surface area contributed by atoms with Crippen molar-refractivity contribution < 1.29 is 14.3 Å². The molecule has 1 atom stereocenters. The van der Waals surface area contributed by atoms with Crippen molar-refractivity contribution in [3.05, 3.63) is 65.2 Å². The van der Waals surface area contributed by atoms with Gasteiger partial charge in [0.1, 0.15) is 5.75 Å². The monoisotopic (exact) mass is 553 g/mol. The largest absolute Gasteiger partial charge is 0.497 e. The first-order valence-corrected chi connectivity index (χ1v) is 10.4. The molecule has 174 valence electrons. The van der Waals surface area contributed by atoms with Gasteiger partial charge in [0, 0.05) is 38.8 Å². The van der Waals surface area contributed by atoms with Gasteiger partial charge in [-0.25, -0.2) is 0 Å². The number of rotatable bonds is 8. The smallest absolute Gasteiger partial charge is 0.248 e. The minimum atomic E-state index is -0.433. The Morgan fingerprint density at radius 2 is 1.91 bits per heavy atom. The first-order chi connectivity index (χ1) is 15.1. The van der Waals surface area contributed by atoms with Crippen LogP contribution in [0.2, 0.25) is 0 Å². The highest BCUT2D eigenvalue weighted by Crippen LogP contribution is 2.23. The molecule has 9 heteroatoms. The molecule has 4 N–H and O–H groups in total. The van der Waals surface area contributed by atoms with Gasteiger partial charge in [-0.3, -0.25) is 14.7 Å². The molecule has 0 radical (unpaired) electrons. The number of carbonyl (C=O) groups excluding carboxylic acids is 1. The van der Waals surface area contributed by atoms with Crippen LogP contribution in [0.3, 0.4) is 0 Å². The Balaban J connectivity index is 0.00000363. The summed E-state index contributed by atoms with van der Waals surface area (Å²) in [6.07, 6.45) is 0. The van der Waals surface area contributed by atoms with Crippen molar-refractivity contribution >= 4 is 35.8 Å². The number of nitrogens with two attached hydrogens (primary N) is 1. The van der Waals surface area contributed by atoms with Gasteiger partial charge in [-0.15, -0.1) is 24.0 Å². The molecular weight excluding hydrogens is 521 g/mol. The predicted molar refractivity (Wildman–Crippen MR) is 137 cm³/mol. The topological polar surface area (TPSA) is 101 Å². The number of guanidine groups is 1. The lowest BCUT2D eigenvalue weighted by molar-refractivity contribution is 0.0170. The van der Waals surface area contributed by atoms with Gasteiger partial charge in [-0.1, -0.05) is 24.3 Å². The van der Waals surface area contributed by atoms with Crippen LogP contribution in [0.1, 0.15) is 27.5 Å². The number of halogens is 1. The van der Waals surface area contributed by atoms with Crippen molar-refractivity contribution in [3.8, 4) is 5.75 Å². The van der Waals surface area contributed by atoms with Crippen LogP contribution >= 0.6 is 24.0 Å². The molecular formula is C23H32IN5O3. The van der Waals surface area contributed by atoms with E-state index in [9.17, 15) is 4.79 Å². The highest BCUT2D eigenvalue weighted by molar-refractivity contribution is 14.0. The number of nitrogens with zero attached hydrogens (tertiary/aromatic N) is 2. The van der Waals surface area contributed by atoms with Crippen molar-refractivity contribution in [1.82, 2.24) is 15.5 Å². The van der Waals surface area contributed by atoms with Crippen molar-refractivity contribution in [2.75, 3.05) is 47.0 Å². The zero-order valence-corrected chi connectivity index (χ0v) is 20.9. The highest BCUT2D eigenvalue weighted by atomic mass is 127. The highest BCUT2D eigenvalue weighted by Gasteiger charge is 2.23. The maximum atomic E-state index is 11.4. The number of ether oxygens (including phenoxy) is 2. The lowest BCUT2D eigenvalue weighted by atomic mass is 10.0. The number of amides is 1. The van der Waals surface area contributed by atoms with E-state index >= 15 is 0 Å². The standard InChI is InChI=1S/C23H31N5O3.HI/c1-25-23(26-15-17-4-3-5-19(14-17)22(24)29)27-16-21(28-10-12-31-13-11-28)18-6-8-20(30-2)9-7-18;/h3-9,14,21H,10-13,15-16H2,1-2H3,(H2,24,29)(H2,25,26,27);1H. The Hall–Kier alpha value is -2.37. The average molecular weight is 553 g/mol. The SMILES string of the molecule is CN=C(NCc1cccc(C(N)=O)c1)NCC(c1ccc(OC)cc1)N1CCOCC1.I. The number of nitrogens with one attached hydrogen (secondary N) is 2. The molecule has 0 saturated carbocycles. The van der Waals surface area contributed by atoms with E-state index in [4.69, 9.17) is 15.2 Å². The van der Waals surface area contributed by atoms with Gasteiger partial charge in [0.15, 0.2) is 5.96 Å². The Morgan fingerprint density at radius 3 is 2.53 bits per heavy atom. The number of hydrogen-bond acceptors (Lipinski definition) is 5. The zero-order chi connectivity index (χ0) is 22.1. The molecule has 0 bridgehead atoms. The van der Waals surface area contributed by atoms with Gasteiger partial charge in [0.2, 0.25) is 5.91 Å². The molecule has 1 fully saturated rings. The summed E-state index contributed by atoms with van der Waals surface area (Å²) in [6.45, 7) is 4.44. The van der Waals surface area contributed by atoms with Crippen LogP contribution in [-0.4, -0.2) is 63.8 Å². The number of hydrogen-bond donors (Lipinski definition) is 3. The van der Waals surface area contributed by atoms with E-state index in [0.717, 1.165) is 37.6 Å². The number of methoxy groups -OCH3 is 1. The lowest BCUT2D eigenvalue weighted by Gasteiger charge is -2.35. The molecule has 1 aliphatic rings. The minimum Gasteiger partial charge on any atom is -0.497 e. The molecule has 3 rings (SSSR count). The van der Waals surface area contributed by atoms with Crippen LogP contribution in [-0.2, 0) is 11.3 Å². The quantitative estimate of drug-likeness (QED) is 0.263. The fourth-order valence-corrected chi connectivity index (χ4v) is 3.61. The molecule has 1 aliphatic heterocycles. The van der Waals surface area contributed by atoms with Crippen molar-refractivity contribution in [2.45, 2.75) is 12.6 Å². The Bertz CT molecular complexity index is 885. The summed E-state index contributed by atoms with van der Waals surface area (Å²) in [4.78, 5) is 18.2. The van der Waals surface area contributed by atoms with Crippen LogP contribution in [0.5, 0.6) is 5.75 Å². The summed E-state index contributed by atoms with van der Waals surface area (Å²) in [5, 5.41) is 6.74. The van der Waals surface area contributed by atoms with Crippen molar-refractivity contribution in [2.24, 2.45) is 10.7 Å². The van der Waals surface area contributed by atoms with Crippen molar-refractivity contribution in [3.63, 3.8) is 0 Å². The lowest BCUT2D eigenvalue weighted by Crippen LogP contribution is -2.46. The maximum absolute atomic E-state index is 11.4. The van der Waals surface area contributed by atoms with E-state index in [1.807, 2.05) is 24.3 Å². The number of aliphatic imine (C=N–C) groups is 1. The Morgan fingerprint density at radius 1 is 1.19 bits per heavy atom. The molecule has 1 heterocycles. The molecule has 1 amide bonds. The molecule has 2 aromatic rings. The minimum absolute atomic E-state index is 0. The van der Waals surface area contributed by atoms with E-state index < -0.39 is 5.91 Å². The van der Waals surface area contributed by atoms with Crippen molar-refractivity contribution in [1.29, 1.82) is 0 Å². The van der Waals surface area contributed by atoms with Crippen LogP contribution in [0, 0.1) is 0 Å². The summed E-state index contributed by atoms with van der Waals surface area (Å²) >= 11 is 0. The second-order valence-electron chi connectivity index (χ2n) is 7.31. The summed E-state index contributed by atoms with van der Waals surface area (Å²) < 4.78 is 10.8. The van der Waals surface area contributed by atoms with Gasteiger partial charge in [0.25, 0.3) is 0 Å². The summed E-state index contributed by atoms with van der Waals surface area (Å²) in [6, 6.07) is 15.6. The van der Waals surface area contributed by atoms with E-state index in [1.54, 1.807) is 26.3 Å². The molecule has 0 aromatic heterocycles. The summed E-state index contributed by atoms with van der Waals surface area (Å²) in [5.74, 6) is 1.10. The van der Waals surface area contributed by atoms with E-state index in [-0.39, 0.29) is 30.0 Å². The number of primary amides is 1. The third-order valence-corrected chi connectivity index (χ3v) is 5.34. The zero-order valence-electron chi connectivity index (χ0n) is 18.5. The Kier molecular flexibility index (Phi) is 10.7. The third-order valence-electron chi connectivity index (χ3n) is 5.34. The average Bonchev–Trinajstić information content (AvgIpc) is 2.82. The molecule has 1 unspecified atom stereocenters. The molecule has 32 heavy (non-hydrogen) atoms. The van der Waals surface area contributed by atoms with Gasteiger partial charge in [0.05, 0.1) is 26.4 Å². The van der Waals surface area contributed by atoms with Crippen LogP contribution < -0.4 is 21.1 Å². The molecule has 8 nitrogen and oxygen atoms in total. The van der Waals surface area contributed by atoms with Gasteiger partial charge in [-0.05, 0) is 35.4 Å². The second-order valence-corrected chi connectivity index (χ2v) is 7.31. The first-order valence-electron chi connectivity index (χ1n) is 10.4.